The molecule has 0 N–H and O–H groups in total. The van der Waals surface area contributed by atoms with Gasteiger partial charge in [-0.3, -0.25) is 0 Å². The Morgan fingerprint density at radius 1 is 1.21 bits per heavy atom. The molecule has 3 nitrogen and oxygen atoms in total. The average molecular weight is 260 g/mol. The molecule has 1 aromatic rings. The first-order chi connectivity index (χ1) is 9.36. The molecule has 0 aliphatic carbocycles. The van der Waals surface area contributed by atoms with E-state index < -0.39 is 0 Å². The van der Waals surface area contributed by atoms with E-state index in [1.54, 1.807) is 0 Å². The fraction of sp³-hybridized carbons (Fsp3) is 0.625. The molecule has 19 heavy (non-hydrogen) atoms. The Hall–Kier alpha value is -1.06. The van der Waals surface area contributed by atoms with Gasteiger partial charge in [0, 0.05) is 25.3 Å². The van der Waals surface area contributed by atoms with Gasteiger partial charge in [-0.05, 0) is 43.1 Å². The van der Waals surface area contributed by atoms with Crippen molar-refractivity contribution in [3.63, 3.8) is 0 Å². The van der Waals surface area contributed by atoms with Gasteiger partial charge < -0.3 is 14.5 Å². The molecule has 0 amide bonds. The SMILES string of the molecule is CCN1CCC(c2cccc(N3CCOCC3)c2)C1. The second-order valence-electron chi connectivity index (χ2n) is 5.57. The molecule has 2 aliphatic rings. The van der Waals surface area contributed by atoms with Crippen LogP contribution in [0.1, 0.15) is 24.8 Å². The number of anilines is 1. The summed E-state index contributed by atoms with van der Waals surface area (Å²) in [5.41, 5.74) is 2.88. The van der Waals surface area contributed by atoms with Crippen LogP contribution in [0.5, 0.6) is 0 Å². The lowest BCUT2D eigenvalue weighted by Gasteiger charge is -2.29. The van der Waals surface area contributed by atoms with Gasteiger partial charge in [0.2, 0.25) is 0 Å². The van der Waals surface area contributed by atoms with Crippen molar-refractivity contribution >= 4 is 5.69 Å². The van der Waals surface area contributed by atoms with Crippen LogP contribution in [0.2, 0.25) is 0 Å². The Morgan fingerprint density at radius 3 is 2.79 bits per heavy atom. The fourth-order valence-electron chi connectivity index (χ4n) is 3.19. The summed E-state index contributed by atoms with van der Waals surface area (Å²) >= 11 is 0. The number of benzene rings is 1. The summed E-state index contributed by atoms with van der Waals surface area (Å²) in [4.78, 5) is 4.99. The molecule has 0 saturated carbocycles. The normalized spacial score (nSPS) is 24.9. The summed E-state index contributed by atoms with van der Waals surface area (Å²) in [5.74, 6) is 0.723. The lowest BCUT2D eigenvalue weighted by Crippen LogP contribution is -2.36. The predicted molar refractivity (Wildman–Crippen MR) is 78.9 cm³/mol. The number of rotatable bonds is 3. The Morgan fingerprint density at radius 2 is 2.05 bits per heavy atom. The number of hydrogen-bond donors (Lipinski definition) is 0. The summed E-state index contributed by atoms with van der Waals surface area (Å²) in [5, 5.41) is 0. The molecule has 2 heterocycles. The summed E-state index contributed by atoms with van der Waals surface area (Å²) < 4.78 is 5.43. The average Bonchev–Trinajstić information content (AvgIpc) is 2.97. The van der Waals surface area contributed by atoms with Crippen molar-refractivity contribution in [1.82, 2.24) is 4.90 Å². The number of hydrogen-bond acceptors (Lipinski definition) is 3. The second kappa shape index (κ2) is 5.93. The van der Waals surface area contributed by atoms with Crippen LogP contribution in [0, 0.1) is 0 Å². The van der Waals surface area contributed by atoms with Crippen molar-refractivity contribution in [2.45, 2.75) is 19.3 Å². The summed E-state index contributed by atoms with van der Waals surface area (Å²) in [7, 11) is 0. The fourth-order valence-corrected chi connectivity index (χ4v) is 3.19. The molecular weight excluding hydrogens is 236 g/mol. The molecular formula is C16H24N2O. The zero-order valence-corrected chi connectivity index (χ0v) is 11.8. The molecule has 1 unspecified atom stereocenters. The quantitative estimate of drug-likeness (QED) is 0.829. The van der Waals surface area contributed by atoms with Gasteiger partial charge in [0.1, 0.15) is 0 Å². The predicted octanol–water partition coefficient (Wildman–Crippen LogP) is 2.33. The molecule has 0 bridgehead atoms. The molecule has 1 atom stereocenters. The van der Waals surface area contributed by atoms with Gasteiger partial charge in [-0.1, -0.05) is 19.1 Å². The Balaban J connectivity index is 1.72. The van der Waals surface area contributed by atoms with Crippen molar-refractivity contribution in [3.05, 3.63) is 29.8 Å². The molecule has 1 aromatic carbocycles. The lowest BCUT2D eigenvalue weighted by molar-refractivity contribution is 0.122. The third kappa shape index (κ3) is 2.93. The maximum atomic E-state index is 5.43. The van der Waals surface area contributed by atoms with Crippen LogP contribution in [0.25, 0.3) is 0 Å². The van der Waals surface area contributed by atoms with E-state index in [2.05, 4.69) is 41.0 Å². The Labute approximate surface area is 116 Å². The number of likely N-dealkylation sites (N-methyl/N-ethyl adjacent to an activating group) is 1. The Kier molecular flexibility index (Phi) is 4.04. The van der Waals surface area contributed by atoms with E-state index >= 15 is 0 Å². The van der Waals surface area contributed by atoms with Crippen LogP contribution in [0.15, 0.2) is 24.3 Å². The molecule has 3 heteroatoms. The second-order valence-corrected chi connectivity index (χ2v) is 5.57. The number of likely N-dealkylation sites (tertiary alicyclic amines) is 1. The molecule has 0 aromatic heterocycles. The summed E-state index contributed by atoms with van der Waals surface area (Å²) in [6.45, 7) is 9.68. The third-order valence-corrected chi connectivity index (χ3v) is 4.44. The monoisotopic (exact) mass is 260 g/mol. The van der Waals surface area contributed by atoms with Crippen molar-refractivity contribution in [3.8, 4) is 0 Å². The molecule has 0 spiro atoms. The largest absolute Gasteiger partial charge is 0.378 e. The minimum absolute atomic E-state index is 0.723. The third-order valence-electron chi connectivity index (χ3n) is 4.44. The molecule has 2 saturated heterocycles. The molecule has 0 radical (unpaired) electrons. The first kappa shape index (κ1) is 12.9. The van der Waals surface area contributed by atoms with E-state index in [-0.39, 0.29) is 0 Å². The van der Waals surface area contributed by atoms with Gasteiger partial charge in [0.15, 0.2) is 0 Å². The van der Waals surface area contributed by atoms with E-state index in [1.165, 1.54) is 37.3 Å². The van der Waals surface area contributed by atoms with Gasteiger partial charge in [-0.25, -0.2) is 0 Å². The summed E-state index contributed by atoms with van der Waals surface area (Å²) in [6.07, 6.45) is 1.31. The van der Waals surface area contributed by atoms with Gasteiger partial charge in [-0.15, -0.1) is 0 Å². The van der Waals surface area contributed by atoms with Crippen LogP contribution >= 0.6 is 0 Å². The number of morpholine rings is 1. The Bertz CT molecular complexity index is 415. The highest BCUT2D eigenvalue weighted by Gasteiger charge is 2.23. The summed E-state index contributed by atoms with van der Waals surface area (Å²) in [6, 6.07) is 9.15. The van der Waals surface area contributed by atoms with Gasteiger partial charge in [-0.2, -0.15) is 0 Å². The zero-order chi connectivity index (χ0) is 13.1. The van der Waals surface area contributed by atoms with Crippen LogP contribution < -0.4 is 4.90 Å². The highest BCUT2D eigenvalue weighted by atomic mass is 16.5. The lowest BCUT2D eigenvalue weighted by atomic mass is 9.98. The van der Waals surface area contributed by atoms with E-state index in [0.29, 0.717) is 0 Å². The van der Waals surface area contributed by atoms with E-state index in [4.69, 9.17) is 4.74 Å². The van der Waals surface area contributed by atoms with Crippen molar-refractivity contribution in [1.29, 1.82) is 0 Å². The highest BCUT2D eigenvalue weighted by Crippen LogP contribution is 2.29. The van der Waals surface area contributed by atoms with Crippen LogP contribution in [-0.4, -0.2) is 50.8 Å². The first-order valence-corrected chi connectivity index (χ1v) is 7.52. The zero-order valence-electron chi connectivity index (χ0n) is 11.8. The number of ether oxygens (including phenoxy) is 1. The van der Waals surface area contributed by atoms with E-state index in [0.717, 1.165) is 32.2 Å². The van der Waals surface area contributed by atoms with E-state index in [1.807, 2.05) is 0 Å². The molecule has 2 aliphatic heterocycles. The van der Waals surface area contributed by atoms with Crippen LogP contribution in [0.3, 0.4) is 0 Å². The minimum atomic E-state index is 0.723. The first-order valence-electron chi connectivity index (χ1n) is 7.52. The maximum absolute atomic E-state index is 5.43. The molecule has 2 fully saturated rings. The maximum Gasteiger partial charge on any atom is 0.0642 e. The van der Waals surface area contributed by atoms with Gasteiger partial charge >= 0.3 is 0 Å². The van der Waals surface area contributed by atoms with Crippen molar-refractivity contribution < 1.29 is 4.74 Å². The topological polar surface area (TPSA) is 15.7 Å². The van der Waals surface area contributed by atoms with Crippen molar-refractivity contribution in [2.75, 3.05) is 50.8 Å². The molecule has 104 valence electrons. The highest BCUT2D eigenvalue weighted by molar-refractivity contribution is 5.49. The van der Waals surface area contributed by atoms with Crippen molar-refractivity contribution in [2.24, 2.45) is 0 Å². The van der Waals surface area contributed by atoms with E-state index in [9.17, 15) is 0 Å². The van der Waals surface area contributed by atoms with Gasteiger partial charge in [0.25, 0.3) is 0 Å². The standard InChI is InChI=1S/C16H24N2O/c1-2-17-7-6-15(13-17)14-4-3-5-16(12-14)18-8-10-19-11-9-18/h3-5,12,15H,2,6-11,13H2,1H3. The minimum Gasteiger partial charge on any atom is -0.378 e. The molecule has 3 rings (SSSR count). The smallest absolute Gasteiger partial charge is 0.0642 e. The van der Waals surface area contributed by atoms with Crippen LogP contribution in [-0.2, 0) is 4.74 Å². The number of nitrogens with zero attached hydrogens (tertiary/aromatic N) is 2. The van der Waals surface area contributed by atoms with Crippen LogP contribution in [0.4, 0.5) is 5.69 Å². The van der Waals surface area contributed by atoms with Gasteiger partial charge in [0.05, 0.1) is 13.2 Å².